The molecule has 0 spiro atoms. The average Bonchev–Trinajstić information content (AvgIpc) is 2.95. The van der Waals surface area contributed by atoms with Crippen molar-refractivity contribution >= 4 is 30.7 Å². The van der Waals surface area contributed by atoms with Crippen LogP contribution >= 0.6 is 24.8 Å². The zero-order valence-electron chi connectivity index (χ0n) is 13.0. The second-order valence-electron chi connectivity index (χ2n) is 6.14. The fourth-order valence-electron chi connectivity index (χ4n) is 3.32. The molecule has 1 amide bonds. The molecule has 0 aliphatic carbocycles. The Bertz CT molecular complexity index is 474. The Morgan fingerprint density at radius 3 is 3.00 bits per heavy atom. The lowest BCUT2D eigenvalue weighted by atomic mass is 9.85. The number of nitrogens with one attached hydrogen (secondary N) is 1. The Morgan fingerprint density at radius 2 is 2.27 bits per heavy atom. The number of amides is 1. The van der Waals surface area contributed by atoms with E-state index in [9.17, 15) is 4.79 Å². The largest absolute Gasteiger partial charge is 0.333 e. The van der Waals surface area contributed by atoms with E-state index in [1.807, 2.05) is 17.3 Å². The number of nitrogens with zero attached hydrogens (tertiary/aromatic N) is 3. The molecule has 5 nitrogen and oxygen atoms in total. The van der Waals surface area contributed by atoms with Gasteiger partial charge in [-0.1, -0.05) is 6.92 Å². The molecule has 2 aliphatic heterocycles. The zero-order valence-corrected chi connectivity index (χ0v) is 14.7. The highest BCUT2D eigenvalue weighted by atomic mass is 35.5. The minimum atomic E-state index is 0. The smallest absolute Gasteiger partial charge is 0.223 e. The summed E-state index contributed by atoms with van der Waals surface area (Å²) in [5.41, 5.74) is 0. The lowest BCUT2D eigenvalue weighted by molar-refractivity contribution is -0.134. The van der Waals surface area contributed by atoms with E-state index in [1.165, 1.54) is 12.8 Å². The van der Waals surface area contributed by atoms with E-state index < -0.39 is 0 Å². The minimum Gasteiger partial charge on any atom is -0.333 e. The van der Waals surface area contributed by atoms with Gasteiger partial charge in [0.05, 0.1) is 6.54 Å². The van der Waals surface area contributed by atoms with Crippen LogP contribution in [-0.4, -0.2) is 40.0 Å². The average molecular weight is 349 g/mol. The van der Waals surface area contributed by atoms with E-state index >= 15 is 0 Å². The highest BCUT2D eigenvalue weighted by molar-refractivity contribution is 5.85. The lowest BCUT2D eigenvalue weighted by Gasteiger charge is -2.32. The van der Waals surface area contributed by atoms with Crippen molar-refractivity contribution < 1.29 is 4.79 Å². The summed E-state index contributed by atoms with van der Waals surface area (Å²) in [7, 11) is 0. The van der Waals surface area contributed by atoms with E-state index in [4.69, 9.17) is 0 Å². The molecule has 2 aliphatic rings. The number of imidazole rings is 1. The van der Waals surface area contributed by atoms with Gasteiger partial charge in [0.25, 0.3) is 0 Å². The summed E-state index contributed by atoms with van der Waals surface area (Å²) in [6.45, 7) is 6.78. The number of fused-ring (bicyclic) bond motifs is 1. The van der Waals surface area contributed by atoms with Gasteiger partial charge in [-0.25, -0.2) is 4.98 Å². The van der Waals surface area contributed by atoms with Crippen LogP contribution < -0.4 is 5.32 Å². The van der Waals surface area contributed by atoms with E-state index in [2.05, 4.69) is 21.8 Å². The van der Waals surface area contributed by atoms with Gasteiger partial charge in [-0.2, -0.15) is 0 Å². The Morgan fingerprint density at radius 1 is 1.45 bits per heavy atom. The molecule has 3 heterocycles. The summed E-state index contributed by atoms with van der Waals surface area (Å²) >= 11 is 0. The van der Waals surface area contributed by atoms with Gasteiger partial charge in [0.2, 0.25) is 5.91 Å². The number of piperidine rings is 1. The van der Waals surface area contributed by atoms with E-state index in [0.717, 1.165) is 32.0 Å². The molecule has 3 rings (SSSR count). The molecule has 0 radical (unpaired) electrons. The Kier molecular flexibility index (Phi) is 7.66. The number of aromatic nitrogens is 2. The van der Waals surface area contributed by atoms with Gasteiger partial charge in [0.15, 0.2) is 0 Å². The van der Waals surface area contributed by atoms with Gasteiger partial charge >= 0.3 is 0 Å². The molecule has 1 aromatic heterocycles. The molecule has 1 saturated heterocycles. The summed E-state index contributed by atoms with van der Waals surface area (Å²) in [5.74, 6) is 2.42. The van der Waals surface area contributed by atoms with Crippen LogP contribution in [0, 0.1) is 11.8 Å². The molecule has 1 N–H and O–H groups in total. The second-order valence-corrected chi connectivity index (χ2v) is 6.14. The topological polar surface area (TPSA) is 50.2 Å². The molecular weight excluding hydrogens is 323 g/mol. The van der Waals surface area contributed by atoms with Crippen molar-refractivity contribution in [1.29, 1.82) is 0 Å². The van der Waals surface area contributed by atoms with Crippen molar-refractivity contribution in [3.63, 3.8) is 0 Å². The van der Waals surface area contributed by atoms with Crippen molar-refractivity contribution in [2.45, 2.75) is 39.3 Å². The molecular formula is C15H26Cl2N4O. The molecule has 0 saturated carbocycles. The summed E-state index contributed by atoms with van der Waals surface area (Å²) < 4.78 is 2.14. The van der Waals surface area contributed by atoms with Crippen LogP contribution in [0.1, 0.15) is 32.0 Å². The lowest BCUT2D eigenvalue weighted by Crippen LogP contribution is -2.40. The van der Waals surface area contributed by atoms with E-state index in [1.54, 1.807) is 0 Å². The van der Waals surface area contributed by atoms with Crippen molar-refractivity contribution in [2.75, 3.05) is 19.6 Å². The maximum absolute atomic E-state index is 12.5. The van der Waals surface area contributed by atoms with Crippen molar-refractivity contribution in [2.24, 2.45) is 11.8 Å². The first-order chi connectivity index (χ1) is 9.74. The van der Waals surface area contributed by atoms with Crippen LogP contribution in [0.25, 0.3) is 0 Å². The molecule has 2 atom stereocenters. The van der Waals surface area contributed by atoms with Crippen LogP contribution in [0.3, 0.4) is 0 Å². The van der Waals surface area contributed by atoms with Crippen LogP contribution in [0.15, 0.2) is 12.4 Å². The molecule has 0 bridgehead atoms. The van der Waals surface area contributed by atoms with Crippen molar-refractivity contribution in [3.05, 3.63) is 18.2 Å². The van der Waals surface area contributed by atoms with Gasteiger partial charge in [-0.15, -0.1) is 24.8 Å². The van der Waals surface area contributed by atoms with Gasteiger partial charge in [-0.3, -0.25) is 4.79 Å². The fraction of sp³-hybridized carbons (Fsp3) is 0.733. The van der Waals surface area contributed by atoms with Gasteiger partial charge in [-0.05, 0) is 37.8 Å². The molecule has 0 aromatic carbocycles. The van der Waals surface area contributed by atoms with E-state index in [-0.39, 0.29) is 30.7 Å². The van der Waals surface area contributed by atoms with Crippen LogP contribution in [-0.2, 0) is 17.9 Å². The highest BCUT2D eigenvalue weighted by Crippen LogP contribution is 2.24. The summed E-state index contributed by atoms with van der Waals surface area (Å²) in [5, 5.41) is 3.44. The van der Waals surface area contributed by atoms with E-state index in [0.29, 0.717) is 24.8 Å². The van der Waals surface area contributed by atoms with Crippen LogP contribution in [0.2, 0.25) is 0 Å². The fourth-order valence-corrected chi connectivity index (χ4v) is 3.32. The number of hydrogen-bond acceptors (Lipinski definition) is 3. The molecule has 2 unspecified atom stereocenters. The monoisotopic (exact) mass is 348 g/mol. The highest BCUT2D eigenvalue weighted by Gasteiger charge is 2.26. The molecule has 1 aromatic rings. The van der Waals surface area contributed by atoms with Gasteiger partial charge in [0.1, 0.15) is 5.82 Å². The molecule has 7 heteroatoms. The molecule has 22 heavy (non-hydrogen) atoms. The van der Waals surface area contributed by atoms with Gasteiger partial charge < -0.3 is 14.8 Å². The first-order valence-electron chi connectivity index (χ1n) is 7.72. The predicted octanol–water partition coefficient (Wildman–Crippen LogP) is 2.09. The summed E-state index contributed by atoms with van der Waals surface area (Å²) in [6, 6.07) is 0. The quantitative estimate of drug-likeness (QED) is 0.909. The Hall–Kier alpha value is -0.780. The Labute approximate surface area is 144 Å². The number of hydrogen-bond donors (Lipinski definition) is 1. The molecule has 126 valence electrons. The Balaban J connectivity index is 0.00000121. The number of carbonyl (C=O) groups is 1. The summed E-state index contributed by atoms with van der Waals surface area (Å²) in [4.78, 5) is 18.7. The number of rotatable bonds is 3. The first kappa shape index (κ1) is 19.3. The minimum absolute atomic E-state index is 0. The first-order valence-corrected chi connectivity index (χ1v) is 7.72. The van der Waals surface area contributed by atoms with Gasteiger partial charge in [0, 0.05) is 31.9 Å². The maximum Gasteiger partial charge on any atom is 0.223 e. The third-order valence-corrected chi connectivity index (χ3v) is 4.73. The SMILES string of the molecule is CC(CC(=O)N1CCn2ccnc2C1)C1CCCNC1.Cl.Cl. The standard InChI is InChI=1S/C15H24N4O.2ClH/c1-12(13-3-2-4-16-10-13)9-15(20)19-8-7-18-6-5-17-14(18)11-19;;/h5-6,12-13,16H,2-4,7-11H2,1H3;2*1H. The van der Waals surface area contributed by atoms with Crippen molar-refractivity contribution in [1.82, 2.24) is 19.8 Å². The number of carbonyl (C=O) groups excluding carboxylic acids is 1. The second kappa shape index (κ2) is 8.75. The molecule has 1 fully saturated rings. The van der Waals surface area contributed by atoms with Crippen molar-refractivity contribution in [3.8, 4) is 0 Å². The third kappa shape index (κ3) is 4.37. The predicted molar refractivity (Wildman–Crippen MR) is 91.5 cm³/mol. The maximum atomic E-state index is 12.5. The van der Waals surface area contributed by atoms with Crippen LogP contribution in [0.4, 0.5) is 0 Å². The van der Waals surface area contributed by atoms with Crippen LogP contribution in [0.5, 0.6) is 0 Å². The third-order valence-electron chi connectivity index (χ3n) is 4.73. The normalized spacial score (nSPS) is 22.0. The zero-order chi connectivity index (χ0) is 13.9. The number of halogens is 2. The summed E-state index contributed by atoms with van der Waals surface area (Å²) in [6.07, 6.45) is 6.98.